The summed E-state index contributed by atoms with van der Waals surface area (Å²) < 4.78 is 5.33. The second kappa shape index (κ2) is 7.82. The minimum absolute atomic E-state index is 0.151. The molecule has 0 aromatic heterocycles. The number of ether oxygens (including phenoxy) is 1. The van der Waals surface area contributed by atoms with Crippen LogP contribution in [-0.4, -0.2) is 58.9 Å². The highest BCUT2D eigenvalue weighted by Gasteiger charge is 2.38. The molecule has 112 valence electrons. The first-order valence-corrected chi connectivity index (χ1v) is 6.72. The molecule has 0 spiro atoms. The molecule has 0 bridgehead atoms. The van der Waals surface area contributed by atoms with Gasteiger partial charge in [-0.15, -0.1) is 0 Å². The van der Waals surface area contributed by atoms with Crippen molar-refractivity contribution in [2.75, 3.05) is 26.3 Å². The first kappa shape index (κ1) is 16.4. The SMILES string of the molecule is N#CC1(N2CCOCC2)CCCCC1.O=C(O)C(=O)O. The van der Waals surface area contributed by atoms with Crippen molar-refractivity contribution < 1.29 is 24.5 Å². The van der Waals surface area contributed by atoms with E-state index in [1.54, 1.807) is 0 Å². The Morgan fingerprint density at radius 1 is 1.05 bits per heavy atom. The fourth-order valence-electron chi connectivity index (χ4n) is 2.63. The second-order valence-corrected chi connectivity index (χ2v) is 4.91. The molecule has 0 aromatic rings. The Labute approximate surface area is 117 Å². The Bertz CT molecular complexity index is 367. The van der Waals surface area contributed by atoms with Gasteiger partial charge in [-0.1, -0.05) is 19.3 Å². The number of rotatable bonds is 1. The van der Waals surface area contributed by atoms with Gasteiger partial charge in [-0.3, -0.25) is 4.90 Å². The predicted molar refractivity (Wildman–Crippen MR) is 69.1 cm³/mol. The molecule has 2 aliphatic rings. The van der Waals surface area contributed by atoms with E-state index >= 15 is 0 Å². The standard InChI is InChI=1S/C11H18N2O.C2H2O4/c12-10-11(4-2-1-3-5-11)13-6-8-14-9-7-13;3-1(4)2(5)6/h1-9H2;(H,3,4)(H,5,6). The van der Waals surface area contributed by atoms with Crippen LogP contribution in [0.5, 0.6) is 0 Å². The molecule has 2 rings (SSSR count). The molecule has 0 unspecified atom stereocenters. The first-order valence-electron chi connectivity index (χ1n) is 6.72. The van der Waals surface area contributed by atoms with Crippen LogP contribution in [-0.2, 0) is 14.3 Å². The van der Waals surface area contributed by atoms with Crippen LogP contribution in [0.25, 0.3) is 0 Å². The molecule has 0 radical (unpaired) electrons. The van der Waals surface area contributed by atoms with Gasteiger partial charge >= 0.3 is 11.9 Å². The molecule has 0 atom stereocenters. The normalized spacial score (nSPS) is 21.9. The van der Waals surface area contributed by atoms with Gasteiger partial charge in [0.1, 0.15) is 5.54 Å². The van der Waals surface area contributed by atoms with Crippen LogP contribution in [0.1, 0.15) is 32.1 Å². The summed E-state index contributed by atoms with van der Waals surface area (Å²) in [4.78, 5) is 20.5. The molecule has 7 heteroatoms. The topological polar surface area (TPSA) is 111 Å². The molecule has 2 N–H and O–H groups in total. The van der Waals surface area contributed by atoms with E-state index in [1.807, 2.05) is 0 Å². The summed E-state index contributed by atoms with van der Waals surface area (Å²) in [5.41, 5.74) is -0.151. The molecule has 0 amide bonds. The van der Waals surface area contributed by atoms with Crippen molar-refractivity contribution in [2.24, 2.45) is 0 Å². The van der Waals surface area contributed by atoms with Gasteiger partial charge in [-0.25, -0.2) is 9.59 Å². The Morgan fingerprint density at radius 3 is 1.95 bits per heavy atom. The summed E-state index contributed by atoms with van der Waals surface area (Å²) in [7, 11) is 0. The van der Waals surface area contributed by atoms with Crippen LogP contribution in [0.15, 0.2) is 0 Å². The van der Waals surface area contributed by atoms with Crippen molar-refractivity contribution in [1.29, 1.82) is 5.26 Å². The maximum absolute atomic E-state index is 9.36. The second-order valence-electron chi connectivity index (χ2n) is 4.91. The van der Waals surface area contributed by atoms with Gasteiger partial charge in [0.05, 0.1) is 19.3 Å². The number of hydrogen-bond donors (Lipinski definition) is 2. The summed E-state index contributed by atoms with van der Waals surface area (Å²) in [6, 6.07) is 2.56. The molecular weight excluding hydrogens is 264 g/mol. The van der Waals surface area contributed by atoms with Crippen molar-refractivity contribution in [3.05, 3.63) is 0 Å². The van der Waals surface area contributed by atoms with Crippen molar-refractivity contribution >= 4 is 11.9 Å². The van der Waals surface area contributed by atoms with Gasteiger partial charge in [0.2, 0.25) is 0 Å². The van der Waals surface area contributed by atoms with E-state index < -0.39 is 11.9 Å². The van der Waals surface area contributed by atoms with Crippen molar-refractivity contribution in [3.63, 3.8) is 0 Å². The number of carbonyl (C=O) groups is 2. The van der Waals surface area contributed by atoms with Gasteiger partial charge in [0.25, 0.3) is 0 Å². The zero-order valence-corrected chi connectivity index (χ0v) is 11.4. The van der Waals surface area contributed by atoms with Crippen LogP contribution in [0.4, 0.5) is 0 Å². The maximum atomic E-state index is 9.36. The molecule has 1 saturated heterocycles. The van der Waals surface area contributed by atoms with Crippen LogP contribution in [0.2, 0.25) is 0 Å². The molecule has 0 aromatic carbocycles. The fourth-order valence-corrected chi connectivity index (χ4v) is 2.63. The molecule has 1 heterocycles. The summed E-state index contributed by atoms with van der Waals surface area (Å²) in [6.07, 6.45) is 5.84. The smallest absolute Gasteiger partial charge is 0.414 e. The van der Waals surface area contributed by atoms with Gasteiger partial charge in [-0.2, -0.15) is 5.26 Å². The van der Waals surface area contributed by atoms with E-state index in [0.717, 1.165) is 39.1 Å². The van der Waals surface area contributed by atoms with E-state index in [2.05, 4.69) is 11.0 Å². The van der Waals surface area contributed by atoms with Crippen LogP contribution >= 0.6 is 0 Å². The average molecular weight is 284 g/mol. The zero-order chi connectivity index (χ0) is 15.0. The monoisotopic (exact) mass is 284 g/mol. The predicted octanol–water partition coefficient (Wildman–Crippen LogP) is 0.701. The summed E-state index contributed by atoms with van der Waals surface area (Å²) in [5, 5.41) is 24.1. The Morgan fingerprint density at radius 2 is 1.55 bits per heavy atom. The summed E-state index contributed by atoms with van der Waals surface area (Å²) in [6.45, 7) is 3.47. The average Bonchev–Trinajstić information content (AvgIpc) is 2.49. The van der Waals surface area contributed by atoms with Gasteiger partial charge in [-0.05, 0) is 12.8 Å². The molecular formula is C13H20N2O5. The van der Waals surface area contributed by atoms with Gasteiger partial charge in [0, 0.05) is 13.1 Å². The molecule has 2 fully saturated rings. The molecule has 20 heavy (non-hydrogen) atoms. The summed E-state index contributed by atoms with van der Waals surface area (Å²) in [5.74, 6) is -3.65. The maximum Gasteiger partial charge on any atom is 0.414 e. The van der Waals surface area contributed by atoms with E-state index in [4.69, 9.17) is 24.5 Å². The van der Waals surface area contributed by atoms with E-state index in [0.29, 0.717) is 0 Å². The van der Waals surface area contributed by atoms with Gasteiger partial charge in [0.15, 0.2) is 0 Å². The Hall–Kier alpha value is -1.65. The Balaban J connectivity index is 0.000000286. The summed E-state index contributed by atoms with van der Waals surface area (Å²) >= 11 is 0. The lowest BCUT2D eigenvalue weighted by atomic mass is 9.81. The van der Waals surface area contributed by atoms with E-state index in [-0.39, 0.29) is 5.54 Å². The largest absolute Gasteiger partial charge is 0.473 e. The lowest BCUT2D eigenvalue weighted by Gasteiger charge is -2.43. The third kappa shape index (κ3) is 4.47. The highest BCUT2D eigenvalue weighted by molar-refractivity contribution is 6.27. The highest BCUT2D eigenvalue weighted by Crippen LogP contribution is 2.33. The number of carboxylic acid groups (broad SMARTS) is 2. The fraction of sp³-hybridized carbons (Fsp3) is 0.769. The highest BCUT2D eigenvalue weighted by atomic mass is 16.5. The quantitative estimate of drug-likeness (QED) is 0.682. The number of aliphatic carboxylic acids is 2. The van der Waals surface area contributed by atoms with Crippen molar-refractivity contribution in [1.82, 2.24) is 4.90 Å². The number of nitriles is 1. The van der Waals surface area contributed by atoms with E-state index in [9.17, 15) is 5.26 Å². The van der Waals surface area contributed by atoms with Crippen molar-refractivity contribution in [3.8, 4) is 6.07 Å². The van der Waals surface area contributed by atoms with Crippen LogP contribution < -0.4 is 0 Å². The molecule has 1 aliphatic heterocycles. The molecule has 1 saturated carbocycles. The van der Waals surface area contributed by atoms with Gasteiger partial charge < -0.3 is 14.9 Å². The number of nitrogens with zero attached hydrogens (tertiary/aromatic N) is 2. The molecule has 7 nitrogen and oxygen atoms in total. The third-order valence-corrected chi connectivity index (χ3v) is 3.69. The van der Waals surface area contributed by atoms with Crippen molar-refractivity contribution in [2.45, 2.75) is 37.6 Å². The lowest BCUT2D eigenvalue weighted by molar-refractivity contribution is -0.159. The third-order valence-electron chi connectivity index (χ3n) is 3.69. The molecule has 1 aliphatic carbocycles. The minimum atomic E-state index is -1.82. The minimum Gasteiger partial charge on any atom is -0.473 e. The number of carboxylic acids is 2. The Kier molecular flexibility index (Phi) is 6.42. The van der Waals surface area contributed by atoms with E-state index in [1.165, 1.54) is 19.3 Å². The number of hydrogen-bond acceptors (Lipinski definition) is 5. The van der Waals surface area contributed by atoms with Crippen LogP contribution in [0.3, 0.4) is 0 Å². The zero-order valence-electron chi connectivity index (χ0n) is 11.4. The lowest BCUT2D eigenvalue weighted by Crippen LogP contribution is -2.53. The van der Waals surface area contributed by atoms with Crippen LogP contribution in [0, 0.1) is 11.3 Å². The first-order chi connectivity index (χ1) is 9.52. The number of morpholine rings is 1.